The third kappa shape index (κ3) is 6.31. The zero-order valence-electron chi connectivity index (χ0n) is 14.8. The monoisotopic (exact) mass is 303 g/mol. The average Bonchev–Trinajstić information content (AvgIpc) is 2.56. The van der Waals surface area contributed by atoms with Crippen LogP contribution in [0.5, 0.6) is 0 Å². The Morgan fingerprint density at radius 2 is 1.73 bits per heavy atom. The summed E-state index contributed by atoms with van der Waals surface area (Å²) in [7, 11) is 0. The molecule has 0 bridgehead atoms. The molecule has 0 saturated heterocycles. The van der Waals surface area contributed by atoms with Gasteiger partial charge in [-0.2, -0.15) is 0 Å². The van der Waals surface area contributed by atoms with E-state index in [0.717, 1.165) is 38.5 Å². The number of benzene rings is 1. The second-order valence-electron chi connectivity index (χ2n) is 6.35. The molecule has 3 atom stereocenters. The molecule has 0 aromatic heterocycles. The summed E-state index contributed by atoms with van der Waals surface area (Å²) in [6.07, 6.45) is 6.28. The third-order valence-corrected chi connectivity index (χ3v) is 4.55. The molecule has 1 rings (SSSR count). The van der Waals surface area contributed by atoms with Gasteiger partial charge in [0.15, 0.2) is 5.78 Å². The van der Waals surface area contributed by atoms with Gasteiger partial charge < -0.3 is 5.32 Å². The first-order chi connectivity index (χ1) is 10.6. The highest BCUT2D eigenvalue weighted by atomic mass is 16.1. The topological polar surface area (TPSA) is 29.1 Å². The van der Waals surface area contributed by atoms with Gasteiger partial charge in [0.25, 0.3) is 0 Å². The van der Waals surface area contributed by atoms with Crippen LogP contribution in [0.1, 0.15) is 65.4 Å². The Morgan fingerprint density at radius 3 is 2.27 bits per heavy atom. The molecule has 0 amide bonds. The number of aryl methyl sites for hydroxylation is 1. The van der Waals surface area contributed by atoms with Crippen molar-refractivity contribution in [3.63, 3.8) is 0 Å². The molecular weight excluding hydrogens is 270 g/mol. The lowest BCUT2D eigenvalue weighted by molar-refractivity contribution is -0.124. The van der Waals surface area contributed by atoms with Gasteiger partial charge >= 0.3 is 0 Å². The maximum absolute atomic E-state index is 12.5. The number of Topliss-reactive ketones (excluding diaryl/α,β-unsaturated/α-hetero) is 1. The third-order valence-electron chi connectivity index (χ3n) is 4.55. The first-order valence-corrected chi connectivity index (χ1v) is 8.95. The van der Waals surface area contributed by atoms with E-state index in [0.29, 0.717) is 11.8 Å². The van der Waals surface area contributed by atoms with Crippen LogP contribution < -0.4 is 5.32 Å². The number of carbonyl (C=O) groups excluding carboxylic acids is 1. The molecule has 1 N–H and O–H groups in total. The number of hydrogen-bond donors (Lipinski definition) is 1. The lowest BCUT2D eigenvalue weighted by Crippen LogP contribution is -2.45. The van der Waals surface area contributed by atoms with Crippen LogP contribution in [0, 0.1) is 5.92 Å². The van der Waals surface area contributed by atoms with Crippen molar-refractivity contribution in [1.29, 1.82) is 0 Å². The number of hydrogen-bond acceptors (Lipinski definition) is 2. The van der Waals surface area contributed by atoms with E-state index < -0.39 is 0 Å². The quantitative estimate of drug-likeness (QED) is 0.638. The van der Waals surface area contributed by atoms with Gasteiger partial charge in [-0.3, -0.25) is 4.79 Å². The van der Waals surface area contributed by atoms with Crippen LogP contribution in [0.25, 0.3) is 0 Å². The van der Waals surface area contributed by atoms with E-state index in [4.69, 9.17) is 0 Å². The van der Waals surface area contributed by atoms with Crippen molar-refractivity contribution in [2.45, 2.75) is 78.3 Å². The highest BCUT2D eigenvalue weighted by molar-refractivity contribution is 5.85. The van der Waals surface area contributed by atoms with Crippen LogP contribution in [0.15, 0.2) is 30.3 Å². The summed E-state index contributed by atoms with van der Waals surface area (Å²) in [5, 5.41) is 3.64. The minimum atomic E-state index is 0.0160. The Balaban J connectivity index is 2.59. The molecule has 22 heavy (non-hydrogen) atoms. The zero-order valence-corrected chi connectivity index (χ0v) is 14.8. The Morgan fingerprint density at radius 1 is 1.05 bits per heavy atom. The SMILES string of the molecule is CCCC(CCc1ccccc1)NC(CC)C(=O)C(C)CC. The van der Waals surface area contributed by atoms with Gasteiger partial charge in [0.1, 0.15) is 0 Å². The first-order valence-electron chi connectivity index (χ1n) is 8.95. The molecule has 1 aromatic rings. The highest BCUT2D eigenvalue weighted by Crippen LogP contribution is 2.13. The average molecular weight is 303 g/mol. The first kappa shape index (κ1) is 18.9. The Hall–Kier alpha value is -1.15. The maximum Gasteiger partial charge on any atom is 0.152 e. The molecule has 2 nitrogen and oxygen atoms in total. The van der Waals surface area contributed by atoms with Gasteiger partial charge in [-0.05, 0) is 37.7 Å². The highest BCUT2D eigenvalue weighted by Gasteiger charge is 2.23. The van der Waals surface area contributed by atoms with Gasteiger partial charge in [0.2, 0.25) is 0 Å². The van der Waals surface area contributed by atoms with Crippen LogP contribution >= 0.6 is 0 Å². The largest absolute Gasteiger partial charge is 0.305 e. The fourth-order valence-corrected chi connectivity index (χ4v) is 2.88. The van der Waals surface area contributed by atoms with Crippen molar-refractivity contribution in [1.82, 2.24) is 5.32 Å². The number of rotatable bonds is 11. The van der Waals surface area contributed by atoms with Crippen molar-refractivity contribution in [2.75, 3.05) is 0 Å². The zero-order chi connectivity index (χ0) is 16.4. The van der Waals surface area contributed by atoms with E-state index in [1.54, 1.807) is 0 Å². The Bertz CT molecular complexity index is 415. The molecular formula is C20H33NO. The summed E-state index contributed by atoms with van der Waals surface area (Å²) in [5.74, 6) is 0.541. The minimum absolute atomic E-state index is 0.0160. The summed E-state index contributed by atoms with van der Waals surface area (Å²) >= 11 is 0. The number of carbonyl (C=O) groups is 1. The molecule has 2 heteroatoms. The molecule has 0 aliphatic heterocycles. The van der Waals surface area contributed by atoms with E-state index in [9.17, 15) is 4.79 Å². The smallest absolute Gasteiger partial charge is 0.152 e. The molecule has 0 heterocycles. The summed E-state index contributed by atoms with van der Waals surface area (Å²) in [6.45, 7) is 8.46. The molecule has 0 aliphatic rings. The second kappa shape index (κ2) is 10.6. The van der Waals surface area contributed by atoms with E-state index in [-0.39, 0.29) is 12.0 Å². The van der Waals surface area contributed by atoms with Crippen LogP contribution in [0.4, 0.5) is 0 Å². The summed E-state index contributed by atoms with van der Waals surface area (Å²) in [4.78, 5) is 12.5. The predicted molar refractivity (Wildman–Crippen MR) is 95.1 cm³/mol. The van der Waals surface area contributed by atoms with Crippen LogP contribution in [-0.4, -0.2) is 17.9 Å². The molecule has 124 valence electrons. The minimum Gasteiger partial charge on any atom is -0.305 e. The van der Waals surface area contributed by atoms with Crippen LogP contribution in [0.2, 0.25) is 0 Å². The van der Waals surface area contributed by atoms with Crippen molar-refractivity contribution in [2.24, 2.45) is 5.92 Å². The van der Waals surface area contributed by atoms with Gasteiger partial charge in [-0.1, -0.05) is 64.4 Å². The van der Waals surface area contributed by atoms with Gasteiger partial charge in [-0.15, -0.1) is 0 Å². The molecule has 1 aromatic carbocycles. The fourth-order valence-electron chi connectivity index (χ4n) is 2.88. The van der Waals surface area contributed by atoms with Gasteiger partial charge in [0.05, 0.1) is 6.04 Å². The summed E-state index contributed by atoms with van der Waals surface area (Å²) in [6, 6.07) is 11.1. The van der Waals surface area contributed by atoms with E-state index in [2.05, 4.69) is 56.4 Å². The van der Waals surface area contributed by atoms with Gasteiger partial charge in [0, 0.05) is 12.0 Å². The molecule has 0 radical (unpaired) electrons. The summed E-state index contributed by atoms with van der Waals surface area (Å²) < 4.78 is 0. The molecule has 0 saturated carbocycles. The Labute approximate surface area is 136 Å². The second-order valence-corrected chi connectivity index (χ2v) is 6.35. The van der Waals surface area contributed by atoms with E-state index in [1.807, 2.05) is 6.92 Å². The predicted octanol–water partition coefficient (Wildman–Crippen LogP) is 4.77. The lowest BCUT2D eigenvalue weighted by atomic mass is 9.94. The molecule has 0 fully saturated rings. The fraction of sp³-hybridized carbons (Fsp3) is 0.650. The Kier molecular flexibility index (Phi) is 9.07. The summed E-state index contributed by atoms with van der Waals surface area (Å²) in [5.41, 5.74) is 1.38. The number of nitrogens with one attached hydrogen (secondary N) is 1. The maximum atomic E-state index is 12.5. The van der Waals surface area contributed by atoms with Crippen molar-refractivity contribution >= 4 is 5.78 Å². The van der Waals surface area contributed by atoms with Crippen LogP contribution in [0.3, 0.4) is 0 Å². The molecule has 3 unspecified atom stereocenters. The standard InChI is InChI=1S/C20H33NO/c1-5-11-18(15-14-17-12-9-8-10-13-17)21-19(7-3)20(22)16(4)6-2/h8-10,12-13,16,18-19,21H,5-7,11,14-15H2,1-4H3. The molecule has 0 aliphatic carbocycles. The normalized spacial score (nSPS) is 15.3. The lowest BCUT2D eigenvalue weighted by Gasteiger charge is -2.26. The van der Waals surface area contributed by atoms with Crippen LogP contribution in [-0.2, 0) is 11.2 Å². The molecule has 0 spiro atoms. The number of ketones is 1. The van der Waals surface area contributed by atoms with Crippen molar-refractivity contribution in [3.05, 3.63) is 35.9 Å². The van der Waals surface area contributed by atoms with E-state index >= 15 is 0 Å². The van der Waals surface area contributed by atoms with Crippen molar-refractivity contribution < 1.29 is 4.79 Å². The van der Waals surface area contributed by atoms with Gasteiger partial charge in [-0.25, -0.2) is 0 Å². The van der Waals surface area contributed by atoms with E-state index in [1.165, 1.54) is 5.56 Å². The van der Waals surface area contributed by atoms with Crippen molar-refractivity contribution in [3.8, 4) is 0 Å².